The number of anilines is 1. The molecule has 3 aromatic rings. The smallest absolute Gasteiger partial charge is 0.261 e. The topological polar surface area (TPSA) is 79.3 Å². The first-order valence-corrected chi connectivity index (χ1v) is 11.4. The molecule has 0 saturated carbocycles. The minimum atomic E-state index is -3.82. The van der Waals surface area contributed by atoms with Crippen LogP contribution in [0.4, 0.5) is 5.69 Å². The first-order chi connectivity index (χ1) is 13.6. The summed E-state index contributed by atoms with van der Waals surface area (Å²) in [7, 11) is -3.82. The van der Waals surface area contributed by atoms with E-state index in [0.29, 0.717) is 16.8 Å². The average molecular weight is 475 g/mol. The van der Waals surface area contributed by atoms with Crippen LogP contribution < -0.4 is 4.72 Å². The predicted molar refractivity (Wildman–Crippen MR) is 118 cm³/mol. The van der Waals surface area contributed by atoms with Gasteiger partial charge in [0, 0.05) is 22.4 Å². The molecule has 1 aromatic heterocycles. The van der Waals surface area contributed by atoms with Crippen LogP contribution in [-0.4, -0.2) is 18.5 Å². The lowest BCUT2D eigenvalue weighted by atomic mass is 9.87. The van der Waals surface area contributed by atoms with Crippen LogP contribution in [0.2, 0.25) is 0 Å². The Morgan fingerprint density at radius 2 is 1.62 bits per heavy atom. The molecule has 2 N–H and O–H groups in total. The van der Waals surface area contributed by atoms with E-state index in [-0.39, 0.29) is 10.3 Å². The molecule has 1 atom stereocenters. The van der Waals surface area contributed by atoms with Crippen molar-refractivity contribution < 1.29 is 13.5 Å². The highest BCUT2D eigenvalue weighted by atomic mass is 79.9. The average Bonchev–Trinajstić information content (AvgIpc) is 2.69. The standard InChI is InChI=1S/C22H23BrN2O3S/c1-22(2,3)16-4-7-18(8-5-16)29(27,28)25-20-9-6-17(23)14-19(20)21(26)15-10-12-24-13-11-15/h4-14,21,25-26H,1-3H3. The zero-order valence-corrected chi connectivity index (χ0v) is 18.8. The zero-order chi connectivity index (χ0) is 21.2. The van der Waals surface area contributed by atoms with Gasteiger partial charge < -0.3 is 5.11 Å². The number of rotatable bonds is 5. The molecular weight excluding hydrogens is 452 g/mol. The number of aromatic nitrogens is 1. The highest BCUT2D eigenvalue weighted by Gasteiger charge is 2.21. The molecule has 0 aliphatic carbocycles. The van der Waals surface area contributed by atoms with Crippen LogP contribution in [0.5, 0.6) is 0 Å². The SMILES string of the molecule is CC(C)(C)c1ccc(S(=O)(=O)Nc2ccc(Br)cc2C(O)c2ccncc2)cc1. The van der Waals surface area contributed by atoms with Gasteiger partial charge in [0.05, 0.1) is 10.6 Å². The molecule has 0 radical (unpaired) electrons. The van der Waals surface area contributed by atoms with E-state index in [1.54, 1.807) is 54.9 Å². The van der Waals surface area contributed by atoms with Crippen molar-refractivity contribution >= 4 is 31.6 Å². The van der Waals surface area contributed by atoms with Gasteiger partial charge in [-0.1, -0.05) is 48.8 Å². The third-order valence-corrected chi connectivity index (χ3v) is 6.48. The van der Waals surface area contributed by atoms with Crippen molar-refractivity contribution in [3.8, 4) is 0 Å². The van der Waals surface area contributed by atoms with E-state index >= 15 is 0 Å². The third-order valence-electron chi connectivity index (χ3n) is 4.61. The van der Waals surface area contributed by atoms with Crippen LogP contribution in [-0.2, 0) is 15.4 Å². The van der Waals surface area contributed by atoms with E-state index in [1.807, 2.05) is 12.1 Å². The number of aliphatic hydroxyl groups excluding tert-OH is 1. The summed E-state index contributed by atoms with van der Waals surface area (Å²) in [4.78, 5) is 4.12. The Hall–Kier alpha value is -2.22. The fourth-order valence-corrected chi connectivity index (χ4v) is 4.38. The monoisotopic (exact) mass is 474 g/mol. The summed E-state index contributed by atoms with van der Waals surface area (Å²) in [5.41, 5.74) is 2.36. The molecule has 29 heavy (non-hydrogen) atoms. The maximum Gasteiger partial charge on any atom is 0.261 e. The van der Waals surface area contributed by atoms with Gasteiger partial charge in [0.15, 0.2) is 0 Å². The second kappa shape index (κ2) is 8.26. The zero-order valence-electron chi connectivity index (χ0n) is 16.4. The number of nitrogens with one attached hydrogen (secondary N) is 1. The van der Waals surface area contributed by atoms with E-state index in [0.717, 1.165) is 10.0 Å². The second-order valence-electron chi connectivity index (χ2n) is 7.79. The maximum atomic E-state index is 12.9. The lowest BCUT2D eigenvalue weighted by Crippen LogP contribution is -2.16. The van der Waals surface area contributed by atoms with Crippen LogP contribution in [0.1, 0.15) is 43.6 Å². The third kappa shape index (κ3) is 5.04. The number of pyridine rings is 1. The van der Waals surface area contributed by atoms with Crippen LogP contribution in [0.3, 0.4) is 0 Å². The van der Waals surface area contributed by atoms with Gasteiger partial charge in [-0.05, 0) is 59.0 Å². The minimum Gasteiger partial charge on any atom is -0.384 e. The van der Waals surface area contributed by atoms with Crippen LogP contribution >= 0.6 is 15.9 Å². The lowest BCUT2D eigenvalue weighted by molar-refractivity contribution is 0.221. The van der Waals surface area contributed by atoms with Gasteiger partial charge in [0.25, 0.3) is 10.0 Å². The Morgan fingerprint density at radius 1 is 1.00 bits per heavy atom. The van der Waals surface area contributed by atoms with Crippen LogP contribution in [0, 0.1) is 0 Å². The fraction of sp³-hybridized carbons (Fsp3) is 0.227. The highest BCUT2D eigenvalue weighted by Crippen LogP contribution is 2.32. The van der Waals surface area contributed by atoms with Crippen LogP contribution in [0.25, 0.3) is 0 Å². The molecule has 2 aromatic carbocycles. The summed E-state index contributed by atoms with van der Waals surface area (Å²) in [5, 5.41) is 10.8. The summed E-state index contributed by atoms with van der Waals surface area (Å²) in [6.07, 6.45) is 2.16. The normalized spacial score (nSPS) is 13.1. The molecule has 0 saturated heterocycles. The van der Waals surface area contributed by atoms with Crippen molar-refractivity contribution in [1.29, 1.82) is 0 Å². The number of nitrogens with zero attached hydrogens (tertiary/aromatic N) is 1. The van der Waals surface area contributed by atoms with E-state index in [9.17, 15) is 13.5 Å². The number of hydrogen-bond acceptors (Lipinski definition) is 4. The summed E-state index contributed by atoms with van der Waals surface area (Å²) >= 11 is 3.39. The Bertz CT molecular complexity index is 1090. The molecule has 7 heteroatoms. The number of hydrogen-bond donors (Lipinski definition) is 2. The van der Waals surface area contributed by atoms with Gasteiger partial charge in [-0.25, -0.2) is 8.42 Å². The van der Waals surface area contributed by atoms with E-state index < -0.39 is 16.1 Å². The number of aliphatic hydroxyl groups is 1. The minimum absolute atomic E-state index is 0.0662. The number of halogens is 1. The Balaban J connectivity index is 1.95. The largest absolute Gasteiger partial charge is 0.384 e. The second-order valence-corrected chi connectivity index (χ2v) is 10.4. The van der Waals surface area contributed by atoms with E-state index in [2.05, 4.69) is 46.4 Å². The lowest BCUT2D eigenvalue weighted by Gasteiger charge is -2.20. The Kier molecular flexibility index (Phi) is 6.12. The summed E-state index contributed by atoms with van der Waals surface area (Å²) in [5.74, 6) is 0. The predicted octanol–water partition coefficient (Wildman–Crippen LogP) is 5.02. The molecule has 0 amide bonds. The van der Waals surface area contributed by atoms with Crippen molar-refractivity contribution in [3.05, 3.63) is 88.2 Å². The quantitative estimate of drug-likeness (QED) is 0.543. The maximum absolute atomic E-state index is 12.9. The Labute approximate surface area is 180 Å². The molecular formula is C22H23BrN2O3S. The molecule has 0 fully saturated rings. The molecule has 1 heterocycles. The number of sulfonamides is 1. The molecule has 0 aliphatic heterocycles. The van der Waals surface area contributed by atoms with Gasteiger partial charge in [0.1, 0.15) is 6.10 Å². The Morgan fingerprint density at radius 3 is 2.21 bits per heavy atom. The summed E-state index contributed by atoms with van der Waals surface area (Å²) in [6.45, 7) is 6.22. The van der Waals surface area contributed by atoms with Gasteiger partial charge in [-0.15, -0.1) is 0 Å². The van der Waals surface area contributed by atoms with Gasteiger partial charge in [0.2, 0.25) is 0 Å². The fourth-order valence-electron chi connectivity index (χ4n) is 2.92. The highest BCUT2D eigenvalue weighted by molar-refractivity contribution is 9.10. The molecule has 3 rings (SSSR count). The van der Waals surface area contributed by atoms with Crippen LogP contribution in [0.15, 0.2) is 76.4 Å². The van der Waals surface area contributed by atoms with Crippen molar-refractivity contribution in [2.75, 3.05) is 4.72 Å². The first-order valence-electron chi connectivity index (χ1n) is 9.09. The van der Waals surface area contributed by atoms with Crippen molar-refractivity contribution in [2.45, 2.75) is 37.2 Å². The molecule has 0 spiro atoms. The van der Waals surface area contributed by atoms with E-state index in [1.165, 1.54) is 0 Å². The number of benzene rings is 2. The molecule has 0 bridgehead atoms. The van der Waals surface area contributed by atoms with Crippen molar-refractivity contribution in [3.63, 3.8) is 0 Å². The summed E-state index contributed by atoms with van der Waals surface area (Å²) < 4.78 is 29.2. The van der Waals surface area contributed by atoms with Gasteiger partial charge in [-0.3, -0.25) is 9.71 Å². The van der Waals surface area contributed by atoms with Gasteiger partial charge in [-0.2, -0.15) is 0 Å². The molecule has 5 nitrogen and oxygen atoms in total. The van der Waals surface area contributed by atoms with Crippen molar-refractivity contribution in [2.24, 2.45) is 0 Å². The molecule has 0 aliphatic rings. The molecule has 1 unspecified atom stereocenters. The first kappa shape index (κ1) is 21.5. The van der Waals surface area contributed by atoms with E-state index in [4.69, 9.17) is 0 Å². The summed E-state index contributed by atoms with van der Waals surface area (Å²) in [6, 6.07) is 15.3. The molecule has 152 valence electrons. The van der Waals surface area contributed by atoms with Crippen molar-refractivity contribution in [1.82, 2.24) is 4.98 Å². The van der Waals surface area contributed by atoms with Gasteiger partial charge >= 0.3 is 0 Å².